The lowest BCUT2D eigenvalue weighted by Crippen LogP contribution is -1.91. The van der Waals surface area contributed by atoms with Crippen molar-refractivity contribution in [2.75, 3.05) is 0 Å². The Morgan fingerprint density at radius 1 is 1.58 bits per heavy atom. The molecule has 0 fully saturated rings. The van der Waals surface area contributed by atoms with Crippen LogP contribution in [-0.2, 0) is 11.2 Å². The van der Waals surface area contributed by atoms with Gasteiger partial charge < -0.3 is 4.79 Å². The molecule has 0 radical (unpaired) electrons. The Morgan fingerprint density at radius 2 is 2.42 bits per heavy atom. The number of Topliss-reactive ketones (excluding diaryl/α,β-unsaturated/α-hetero) is 1. The molecule has 0 saturated carbocycles. The normalized spacial score (nSPS) is 10.1. The molecule has 1 aromatic rings. The second-order valence-corrected chi connectivity index (χ2v) is 3.36. The quantitative estimate of drug-likeness (QED) is 0.656. The summed E-state index contributed by atoms with van der Waals surface area (Å²) in [7, 11) is 0. The molecule has 4 heteroatoms. The molecular weight excluding hydrogens is 172 g/mol. The molecule has 0 spiro atoms. The number of unbranched alkanes of at least 4 members (excludes halogenated alkanes) is 1. The maximum Gasteiger partial charge on any atom is 0.129 e. The van der Waals surface area contributed by atoms with Crippen molar-refractivity contribution < 1.29 is 4.79 Å². The van der Waals surface area contributed by atoms with Crippen molar-refractivity contribution in [1.29, 1.82) is 0 Å². The van der Waals surface area contributed by atoms with E-state index in [0.29, 0.717) is 6.42 Å². The summed E-state index contributed by atoms with van der Waals surface area (Å²) < 4.78 is 7.98. The van der Waals surface area contributed by atoms with Gasteiger partial charge in [-0.15, -0.1) is 0 Å². The Balaban J connectivity index is 2.07. The van der Waals surface area contributed by atoms with E-state index in [0.717, 1.165) is 25.0 Å². The van der Waals surface area contributed by atoms with Crippen LogP contribution >= 0.6 is 11.7 Å². The van der Waals surface area contributed by atoms with Crippen LogP contribution in [0.2, 0.25) is 0 Å². The Kier molecular flexibility index (Phi) is 3.87. The fraction of sp³-hybridized carbons (Fsp3) is 0.625. The van der Waals surface area contributed by atoms with Crippen molar-refractivity contribution >= 4 is 17.5 Å². The molecule has 0 unspecified atom stereocenters. The molecule has 0 amide bonds. The fourth-order valence-electron chi connectivity index (χ4n) is 0.974. The van der Waals surface area contributed by atoms with E-state index in [-0.39, 0.29) is 5.78 Å². The zero-order valence-electron chi connectivity index (χ0n) is 7.12. The molecular formula is C8H12N2OS. The molecule has 1 rings (SSSR count). The van der Waals surface area contributed by atoms with Gasteiger partial charge in [0.15, 0.2) is 0 Å². The number of aryl methyl sites for hydroxylation is 1. The molecule has 1 aromatic heterocycles. The third kappa shape index (κ3) is 3.57. The van der Waals surface area contributed by atoms with E-state index in [1.165, 1.54) is 11.7 Å². The van der Waals surface area contributed by atoms with E-state index in [4.69, 9.17) is 0 Å². The molecule has 0 aliphatic rings. The van der Waals surface area contributed by atoms with Crippen LogP contribution in [0.15, 0.2) is 6.20 Å². The predicted octanol–water partition coefficient (Wildman–Crippen LogP) is 1.84. The third-order valence-corrected chi connectivity index (χ3v) is 2.13. The average molecular weight is 184 g/mol. The number of hydrogen-bond donors (Lipinski definition) is 0. The first-order valence-electron chi connectivity index (χ1n) is 4.05. The lowest BCUT2D eigenvalue weighted by atomic mass is 10.1. The molecule has 0 atom stereocenters. The monoisotopic (exact) mass is 184 g/mol. The summed E-state index contributed by atoms with van der Waals surface area (Å²) in [5.41, 5.74) is 1.04. The molecule has 0 aromatic carbocycles. The SMILES string of the molecule is CC(=O)CCCCc1cnsn1. The Labute approximate surface area is 76.1 Å². The van der Waals surface area contributed by atoms with E-state index in [1.807, 2.05) is 0 Å². The first-order valence-corrected chi connectivity index (χ1v) is 4.78. The van der Waals surface area contributed by atoms with Crippen molar-refractivity contribution in [3.05, 3.63) is 11.9 Å². The predicted molar refractivity (Wildman–Crippen MR) is 48.1 cm³/mol. The van der Waals surface area contributed by atoms with E-state index in [2.05, 4.69) is 8.75 Å². The van der Waals surface area contributed by atoms with Crippen LogP contribution in [-0.4, -0.2) is 14.5 Å². The minimum absolute atomic E-state index is 0.270. The van der Waals surface area contributed by atoms with Crippen LogP contribution in [0.5, 0.6) is 0 Å². The molecule has 0 aliphatic heterocycles. The molecule has 0 N–H and O–H groups in total. The topological polar surface area (TPSA) is 42.9 Å². The minimum atomic E-state index is 0.270. The van der Waals surface area contributed by atoms with Gasteiger partial charge in [-0.3, -0.25) is 0 Å². The van der Waals surface area contributed by atoms with Crippen molar-refractivity contribution in [3.63, 3.8) is 0 Å². The zero-order valence-corrected chi connectivity index (χ0v) is 7.93. The van der Waals surface area contributed by atoms with Gasteiger partial charge in [0.05, 0.1) is 23.6 Å². The van der Waals surface area contributed by atoms with Crippen molar-refractivity contribution in [1.82, 2.24) is 8.75 Å². The third-order valence-electron chi connectivity index (χ3n) is 1.62. The summed E-state index contributed by atoms with van der Waals surface area (Å²) in [6.07, 6.45) is 5.43. The highest BCUT2D eigenvalue weighted by molar-refractivity contribution is 6.99. The molecule has 0 aliphatic carbocycles. The highest BCUT2D eigenvalue weighted by atomic mass is 32.1. The van der Waals surface area contributed by atoms with Gasteiger partial charge in [-0.2, -0.15) is 8.75 Å². The largest absolute Gasteiger partial charge is 0.300 e. The highest BCUT2D eigenvalue weighted by Gasteiger charge is 1.97. The summed E-state index contributed by atoms with van der Waals surface area (Å²) in [6.45, 7) is 1.63. The number of ketones is 1. The van der Waals surface area contributed by atoms with Gasteiger partial charge in [0, 0.05) is 6.42 Å². The molecule has 3 nitrogen and oxygen atoms in total. The lowest BCUT2D eigenvalue weighted by Gasteiger charge is -1.94. The molecule has 1 heterocycles. The van der Waals surface area contributed by atoms with E-state index in [1.54, 1.807) is 13.1 Å². The summed E-state index contributed by atoms with van der Waals surface area (Å²) in [4.78, 5) is 10.6. The van der Waals surface area contributed by atoms with Gasteiger partial charge in [-0.25, -0.2) is 0 Å². The Morgan fingerprint density at radius 3 is 3.00 bits per heavy atom. The summed E-state index contributed by atoms with van der Waals surface area (Å²) in [5.74, 6) is 0.270. The maximum absolute atomic E-state index is 10.6. The molecule has 66 valence electrons. The fourth-order valence-corrected chi connectivity index (χ4v) is 1.43. The minimum Gasteiger partial charge on any atom is -0.300 e. The van der Waals surface area contributed by atoms with Crippen LogP contribution < -0.4 is 0 Å². The van der Waals surface area contributed by atoms with Gasteiger partial charge in [-0.1, -0.05) is 0 Å². The van der Waals surface area contributed by atoms with Gasteiger partial charge in [0.2, 0.25) is 0 Å². The first kappa shape index (κ1) is 9.32. The number of hydrogen-bond acceptors (Lipinski definition) is 4. The van der Waals surface area contributed by atoms with E-state index >= 15 is 0 Å². The van der Waals surface area contributed by atoms with E-state index < -0.39 is 0 Å². The average Bonchev–Trinajstić information content (AvgIpc) is 2.49. The van der Waals surface area contributed by atoms with Crippen LogP contribution in [0.25, 0.3) is 0 Å². The Bertz CT molecular complexity index is 233. The molecule has 12 heavy (non-hydrogen) atoms. The number of nitrogens with zero attached hydrogens (tertiary/aromatic N) is 2. The smallest absolute Gasteiger partial charge is 0.129 e. The van der Waals surface area contributed by atoms with Crippen LogP contribution in [0.4, 0.5) is 0 Å². The van der Waals surface area contributed by atoms with Crippen LogP contribution in [0.3, 0.4) is 0 Å². The summed E-state index contributed by atoms with van der Waals surface area (Å²) in [6, 6.07) is 0. The van der Waals surface area contributed by atoms with E-state index in [9.17, 15) is 4.79 Å². The first-order chi connectivity index (χ1) is 5.79. The Hall–Kier alpha value is -0.770. The molecule has 0 saturated heterocycles. The van der Waals surface area contributed by atoms with Crippen molar-refractivity contribution in [2.45, 2.75) is 32.6 Å². The van der Waals surface area contributed by atoms with Crippen LogP contribution in [0, 0.1) is 0 Å². The van der Waals surface area contributed by atoms with Crippen LogP contribution in [0.1, 0.15) is 31.9 Å². The molecule has 0 bridgehead atoms. The summed E-state index contributed by atoms with van der Waals surface area (Å²) in [5, 5.41) is 0. The van der Waals surface area contributed by atoms with Crippen molar-refractivity contribution in [2.24, 2.45) is 0 Å². The second kappa shape index (κ2) is 4.98. The maximum atomic E-state index is 10.6. The summed E-state index contributed by atoms with van der Waals surface area (Å²) >= 11 is 1.24. The number of rotatable bonds is 5. The van der Waals surface area contributed by atoms with Crippen molar-refractivity contribution in [3.8, 4) is 0 Å². The lowest BCUT2D eigenvalue weighted by molar-refractivity contribution is -0.117. The van der Waals surface area contributed by atoms with Gasteiger partial charge in [0.25, 0.3) is 0 Å². The zero-order chi connectivity index (χ0) is 8.81. The number of carbonyl (C=O) groups is 1. The number of carbonyl (C=O) groups excluding carboxylic acids is 1. The standard InChI is InChI=1S/C8H12N2OS/c1-7(11)4-2-3-5-8-6-9-12-10-8/h6H,2-5H2,1H3. The van der Waals surface area contributed by atoms with Gasteiger partial charge in [-0.05, 0) is 26.2 Å². The van der Waals surface area contributed by atoms with Gasteiger partial charge in [0.1, 0.15) is 5.78 Å². The second-order valence-electron chi connectivity index (χ2n) is 2.81. The number of aromatic nitrogens is 2. The highest BCUT2D eigenvalue weighted by Crippen LogP contribution is 2.04. The van der Waals surface area contributed by atoms with Gasteiger partial charge >= 0.3 is 0 Å².